The molecule has 1 aromatic carbocycles. The number of nitrogens with zero attached hydrogens (tertiary/aromatic N) is 1. The molecule has 7 nitrogen and oxygen atoms in total. The van der Waals surface area contributed by atoms with Crippen molar-refractivity contribution in [3.63, 3.8) is 0 Å². The summed E-state index contributed by atoms with van der Waals surface area (Å²) in [5.41, 5.74) is 0.144. The number of carbonyl (C=O) groups excluding carboxylic acids is 2. The van der Waals surface area contributed by atoms with E-state index in [0.29, 0.717) is 30.8 Å². The molecule has 0 fully saturated rings. The number of carboxylic acids is 1. The maximum Gasteiger partial charge on any atom is 0.319 e. The number of hydrogen-bond donors (Lipinski definition) is 3. The van der Waals surface area contributed by atoms with Crippen molar-refractivity contribution >= 4 is 35.2 Å². The number of benzene rings is 1. The van der Waals surface area contributed by atoms with Gasteiger partial charge in [0, 0.05) is 30.7 Å². The monoisotopic (exact) mass is 383 g/mol. The van der Waals surface area contributed by atoms with Crippen LogP contribution < -0.4 is 10.6 Å². The van der Waals surface area contributed by atoms with Crippen LogP contribution in [0.5, 0.6) is 0 Å². The lowest BCUT2D eigenvalue weighted by atomic mass is 9.99. The first-order valence-electron chi connectivity index (χ1n) is 8.49. The summed E-state index contributed by atoms with van der Waals surface area (Å²) in [5, 5.41) is 14.4. The Morgan fingerprint density at radius 1 is 1.19 bits per heavy atom. The molecule has 1 rings (SSSR count). The van der Waals surface area contributed by atoms with Crippen molar-refractivity contribution in [3.8, 4) is 0 Å². The van der Waals surface area contributed by atoms with E-state index in [0.717, 1.165) is 0 Å². The fourth-order valence-corrected chi connectivity index (χ4v) is 2.66. The van der Waals surface area contributed by atoms with Crippen molar-refractivity contribution in [2.45, 2.75) is 46.1 Å². The number of carboxylic acid groups (broad SMARTS) is 1. The first kappa shape index (κ1) is 21.8. The van der Waals surface area contributed by atoms with Gasteiger partial charge in [0.15, 0.2) is 0 Å². The quantitative estimate of drug-likeness (QED) is 0.638. The van der Waals surface area contributed by atoms with Gasteiger partial charge in [-0.2, -0.15) is 0 Å². The van der Waals surface area contributed by atoms with Gasteiger partial charge < -0.3 is 20.6 Å². The normalized spacial score (nSPS) is 11.0. The van der Waals surface area contributed by atoms with E-state index in [1.807, 2.05) is 13.8 Å². The molecule has 0 radical (unpaired) electrons. The third-order valence-electron chi connectivity index (χ3n) is 3.92. The highest BCUT2D eigenvalue weighted by molar-refractivity contribution is 6.34. The minimum atomic E-state index is -0.916. The summed E-state index contributed by atoms with van der Waals surface area (Å²) in [6.07, 6.45) is 0.259. The summed E-state index contributed by atoms with van der Waals surface area (Å²) in [7, 11) is 0. The zero-order valence-electron chi connectivity index (χ0n) is 15.6. The first-order valence-corrected chi connectivity index (χ1v) is 8.87. The average Bonchev–Trinajstić information content (AvgIpc) is 2.53. The Hall–Kier alpha value is -2.28. The summed E-state index contributed by atoms with van der Waals surface area (Å²) >= 11 is 6.20. The predicted octanol–water partition coefficient (Wildman–Crippen LogP) is 3.59. The Morgan fingerprint density at radius 3 is 2.31 bits per heavy atom. The predicted molar refractivity (Wildman–Crippen MR) is 102 cm³/mol. The zero-order chi connectivity index (χ0) is 19.9. The van der Waals surface area contributed by atoms with Gasteiger partial charge in [-0.1, -0.05) is 11.6 Å². The van der Waals surface area contributed by atoms with E-state index in [1.165, 1.54) is 6.07 Å². The van der Waals surface area contributed by atoms with Crippen LogP contribution in [0.1, 0.15) is 50.9 Å². The molecule has 0 heterocycles. The van der Waals surface area contributed by atoms with Gasteiger partial charge >= 0.3 is 12.0 Å². The highest BCUT2D eigenvalue weighted by Gasteiger charge is 2.22. The molecule has 3 N–H and O–H groups in total. The zero-order valence-corrected chi connectivity index (χ0v) is 16.3. The molecule has 0 bridgehead atoms. The van der Waals surface area contributed by atoms with Crippen LogP contribution in [0.25, 0.3) is 0 Å². The molecule has 0 saturated heterocycles. The second-order valence-electron chi connectivity index (χ2n) is 6.53. The molecule has 0 unspecified atom stereocenters. The second kappa shape index (κ2) is 9.43. The van der Waals surface area contributed by atoms with Crippen LogP contribution in [0.15, 0.2) is 18.2 Å². The number of anilines is 1. The minimum absolute atomic E-state index is 0.0404. The van der Waals surface area contributed by atoms with Crippen LogP contribution in [0.2, 0.25) is 5.02 Å². The van der Waals surface area contributed by atoms with E-state index in [9.17, 15) is 14.4 Å². The summed E-state index contributed by atoms with van der Waals surface area (Å²) in [5.74, 6) is -1.08. The van der Waals surface area contributed by atoms with Gasteiger partial charge in [-0.15, -0.1) is 0 Å². The van der Waals surface area contributed by atoms with Crippen LogP contribution in [0.4, 0.5) is 10.5 Å². The van der Waals surface area contributed by atoms with Crippen LogP contribution in [0.3, 0.4) is 0 Å². The molecule has 0 aliphatic heterocycles. The van der Waals surface area contributed by atoms with Crippen molar-refractivity contribution in [2.75, 3.05) is 18.4 Å². The molecule has 0 spiro atoms. The largest absolute Gasteiger partial charge is 0.481 e. The molecule has 0 atom stereocenters. The maximum absolute atomic E-state index is 12.4. The third kappa shape index (κ3) is 6.55. The van der Waals surface area contributed by atoms with Crippen molar-refractivity contribution < 1.29 is 19.5 Å². The molecule has 26 heavy (non-hydrogen) atoms. The van der Waals surface area contributed by atoms with Gasteiger partial charge in [-0.25, -0.2) is 4.79 Å². The first-order chi connectivity index (χ1) is 12.1. The minimum Gasteiger partial charge on any atom is -0.481 e. The van der Waals surface area contributed by atoms with Gasteiger partial charge in [-0.05, 0) is 52.3 Å². The molecule has 0 aliphatic rings. The molecule has 0 saturated carbocycles. The third-order valence-corrected chi connectivity index (χ3v) is 4.24. The lowest BCUT2D eigenvalue weighted by Gasteiger charge is -2.25. The van der Waals surface area contributed by atoms with E-state index in [4.69, 9.17) is 16.7 Å². The second-order valence-corrected chi connectivity index (χ2v) is 6.94. The van der Waals surface area contributed by atoms with E-state index < -0.39 is 17.5 Å². The van der Waals surface area contributed by atoms with Crippen LogP contribution in [-0.4, -0.2) is 46.5 Å². The Kier molecular flexibility index (Phi) is 7.89. The van der Waals surface area contributed by atoms with E-state index >= 15 is 0 Å². The number of hydrogen-bond acceptors (Lipinski definition) is 3. The summed E-state index contributed by atoms with van der Waals surface area (Å²) in [6, 6.07) is 4.22. The van der Waals surface area contributed by atoms with E-state index in [1.54, 1.807) is 30.9 Å². The summed E-state index contributed by atoms with van der Waals surface area (Å²) < 4.78 is 0. The van der Waals surface area contributed by atoms with Crippen molar-refractivity contribution in [3.05, 3.63) is 28.8 Å². The molecule has 3 amide bonds. The topological polar surface area (TPSA) is 98.7 Å². The molecule has 144 valence electrons. The lowest BCUT2D eigenvalue weighted by molar-refractivity contribution is -0.137. The van der Waals surface area contributed by atoms with Gasteiger partial charge in [0.25, 0.3) is 5.91 Å². The standard InChI is InChI=1S/C18H26ClN3O4/c1-5-22(6-2)16(25)13-8-7-12(11-14(13)19)20-17(26)21-18(3,4)10-9-15(23)24/h7-8,11H,5-6,9-10H2,1-4H3,(H,23,24)(H2,20,21,26). The average molecular weight is 384 g/mol. The number of rotatable bonds is 8. The Labute approximate surface area is 158 Å². The molecule has 0 aliphatic carbocycles. The SMILES string of the molecule is CCN(CC)C(=O)c1ccc(NC(=O)NC(C)(C)CCC(=O)O)cc1Cl. The highest BCUT2D eigenvalue weighted by Crippen LogP contribution is 2.23. The molecular weight excluding hydrogens is 358 g/mol. The van der Waals surface area contributed by atoms with Gasteiger partial charge in [0.1, 0.15) is 0 Å². The van der Waals surface area contributed by atoms with Crippen molar-refractivity contribution in [1.29, 1.82) is 0 Å². The number of halogens is 1. The van der Waals surface area contributed by atoms with Gasteiger partial charge in [-0.3, -0.25) is 9.59 Å². The van der Waals surface area contributed by atoms with Crippen molar-refractivity contribution in [1.82, 2.24) is 10.2 Å². The Balaban J connectivity index is 2.77. The molecule has 0 aromatic heterocycles. The van der Waals surface area contributed by atoms with Crippen molar-refractivity contribution in [2.24, 2.45) is 0 Å². The van der Waals surface area contributed by atoms with Gasteiger partial charge in [0.2, 0.25) is 0 Å². The fraction of sp³-hybridized carbons (Fsp3) is 0.500. The Bertz CT molecular complexity index is 672. The van der Waals surface area contributed by atoms with Crippen LogP contribution in [-0.2, 0) is 4.79 Å². The maximum atomic E-state index is 12.4. The van der Waals surface area contributed by atoms with E-state index in [-0.39, 0.29) is 17.4 Å². The van der Waals surface area contributed by atoms with Crippen LogP contribution in [0, 0.1) is 0 Å². The summed E-state index contributed by atoms with van der Waals surface area (Å²) in [6.45, 7) is 8.44. The highest BCUT2D eigenvalue weighted by atomic mass is 35.5. The van der Waals surface area contributed by atoms with Gasteiger partial charge in [0.05, 0.1) is 10.6 Å². The summed E-state index contributed by atoms with van der Waals surface area (Å²) in [4.78, 5) is 36.8. The van der Waals surface area contributed by atoms with E-state index in [2.05, 4.69) is 10.6 Å². The number of urea groups is 1. The number of carbonyl (C=O) groups is 3. The number of aliphatic carboxylic acids is 1. The fourth-order valence-electron chi connectivity index (χ4n) is 2.40. The number of nitrogens with one attached hydrogen (secondary N) is 2. The smallest absolute Gasteiger partial charge is 0.319 e. The molecule has 8 heteroatoms. The lowest BCUT2D eigenvalue weighted by Crippen LogP contribution is -2.45. The molecule has 1 aromatic rings. The molecular formula is C18H26ClN3O4. The van der Waals surface area contributed by atoms with Crippen LogP contribution >= 0.6 is 11.6 Å². The Morgan fingerprint density at radius 2 is 1.81 bits per heavy atom. The number of amides is 3.